The minimum Gasteiger partial charge on any atom is -0.380 e. The first-order valence-electron chi connectivity index (χ1n) is 7.67. The molecule has 2 nitrogen and oxygen atoms in total. The molecular weight excluding hydrogens is 253 g/mol. The van der Waals surface area contributed by atoms with E-state index in [4.69, 9.17) is 4.74 Å². The summed E-state index contributed by atoms with van der Waals surface area (Å²) in [5.41, 5.74) is 2.24. The lowest BCUT2D eigenvalue weighted by Gasteiger charge is -2.28. The van der Waals surface area contributed by atoms with E-state index in [9.17, 15) is 4.39 Å². The summed E-state index contributed by atoms with van der Waals surface area (Å²) in [7, 11) is 1.81. The molecule has 1 saturated carbocycles. The Kier molecular flexibility index (Phi) is 5.55. The molecule has 1 aromatic rings. The molecule has 3 heteroatoms. The van der Waals surface area contributed by atoms with Crippen LogP contribution < -0.4 is 5.32 Å². The van der Waals surface area contributed by atoms with Gasteiger partial charge in [-0.25, -0.2) is 4.39 Å². The first-order chi connectivity index (χ1) is 9.65. The van der Waals surface area contributed by atoms with Crippen molar-refractivity contribution in [2.45, 2.75) is 51.7 Å². The molecule has 0 bridgehead atoms. The highest BCUT2D eigenvalue weighted by atomic mass is 19.1. The number of hydrogen-bond donors (Lipinski definition) is 1. The lowest BCUT2D eigenvalue weighted by Crippen LogP contribution is -2.44. The number of methoxy groups -OCH3 is 1. The molecule has 1 N–H and O–H groups in total. The molecule has 2 rings (SSSR count). The van der Waals surface area contributed by atoms with E-state index >= 15 is 0 Å². The smallest absolute Gasteiger partial charge is 0.123 e. The third-order valence-electron chi connectivity index (χ3n) is 4.16. The van der Waals surface area contributed by atoms with E-state index in [1.54, 1.807) is 19.2 Å². The van der Waals surface area contributed by atoms with E-state index in [1.165, 1.54) is 18.4 Å². The summed E-state index contributed by atoms with van der Waals surface area (Å²) in [4.78, 5) is 0. The number of nitrogens with one attached hydrogen (secondary N) is 1. The van der Waals surface area contributed by atoms with Gasteiger partial charge in [-0.1, -0.05) is 13.0 Å². The minimum atomic E-state index is -0.158. The molecule has 1 fully saturated rings. The number of hydrogen-bond acceptors (Lipinski definition) is 2. The van der Waals surface area contributed by atoms with Crippen molar-refractivity contribution in [1.82, 2.24) is 5.32 Å². The average molecular weight is 279 g/mol. The quantitative estimate of drug-likeness (QED) is 0.786. The Labute approximate surface area is 121 Å². The molecule has 1 aliphatic rings. The number of benzene rings is 1. The maximum atomic E-state index is 13.2. The predicted octanol–water partition coefficient (Wildman–Crippen LogP) is 3.47. The molecule has 0 aliphatic heterocycles. The van der Waals surface area contributed by atoms with E-state index < -0.39 is 0 Å². The van der Waals surface area contributed by atoms with Crippen molar-refractivity contribution in [2.75, 3.05) is 13.7 Å². The topological polar surface area (TPSA) is 21.3 Å². The van der Waals surface area contributed by atoms with Gasteiger partial charge in [0.25, 0.3) is 0 Å². The predicted molar refractivity (Wildman–Crippen MR) is 80.4 cm³/mol. The fourth-order valence-electron chi connectivity index (χ4n) is 2.87. The maximum Gasteiger partial charge on any atom is 0.123 e. The number of rotatable bonds is 8. The Morgan fingerprint density at radius 1 is 1.40 bits per heavy atom. The van der Waals surface area contributed by atoms with Gasteiger partial charge >= 0.3 is 0 Å². The summed E-state index contributed by atoms with van der Waals surface area (Å²) in [5, 5.41) is 3.61. The molecule has 112 valence electrons. The molecule has 1 aliphatic carbocycles. The van der Waals surface area contributed by atoms with Crippen molar-refractivity contribution in [3.05, 3.63) is 35.1 Å². The molecule has 0 spiro atoms. The van der Waals surface area contributed by atoms with Crippen LogP contribution in [0.25, 0.3) is 0 Å². The normalized spacial score (nSPS) is 18.0. The van der Waals surface area contributed by atoms with Gasteiger partial charge in [0.05, 0.1) is 6.10 Å². The molecule has 2 atom stereocenters. The van der Waals surface area contributed by atoms with Crippen LogP contribution in [0.5, 0.6) is 0 Å². The Morgan fingerprint density at radius 2 is 2.15 bits per heavy atom. The highest BCUT2D eigenvalue weighted by Crippen LogP contribution is 2.36. The maximum absolute atomic E-state index is 13.2. The standard InChI is InChI=1S/C17H26FNO/c1-4-9-19-16(17(20-3)13-5-6-13)11-14-7-8-15(18)10-12(14)2/h7-8,10,13,16-17,19H,4-6,9,11H2,1-3H3. The Bertz CT molecular complexity index is 431. The first kappa shape index (κ1) is 15.5. The Hall–Kier alpha value is -0.930. The van der Waals surface area contributed by atoms with Crippen LogP contribution in [-0.4, -0.2) is 25.8 Å². The van der Waals surface area contributed by atoms with Crippen LogP contribution in [0.1, 0.15) is 37.3 Å². The summed E-state index contributed by atoms with van der Waals surface area (Å²) < 4.78 is 18.9. The second-order valence-corrected chi connectivity index (χ2v) is 5.87. The average Bonchev–Trinajstić information content (AvgIpc) is 3.24. The summed E-state index contributed by atoms with van der Waals surface area (Å²) in [6, 6.07) is 5.39. The van der Waals surface area contributed by atoms with Gasteiger partial charge in [0.2, 0.25) is 0 Å². The van der Waals surface area contributed by atoms with E-state index in [0.717, 1.165) is 24.9 Å². The van der Waals surface area contributed by atoms with Crippen molar-refractivity contribution >= 4 is 0 Å². The number of aryl methyl sites for hydroxylation is 1. The van der Waals surface area contributed by atoms with Crippen LogP contribution in [0.15, 0.2) is 18.2 Å². The van der Waals surface area contributed by atoms with E-state index in [-0.39, 0.29) is 11.9 Å². The van der Waals surface area contributed by atoms with Gasteiger partial charge in [0.15, 0.2) is 0 Å². The SMILES string of the molecule is CCCNC(Cc1ccc(F)cc1C)C(OC)C1CC1. The molecule has 0 amide bonds. The molecule has 0 saturated heterocycles. The molecule has 0 radical (unpaired) electrons. The summed E-state index contributed by atoms with van der Waals surface area (Å²) in [6.07, 6.45) is 4.82. The monoisotopic (exact) mass is 279 g/mol. The van der Waals surface area contributed by atoms with Crippen LogP contribution in [-0.2, 0) is 11.2 Å². The van der Waals surface area contributed by atoms with E-state index in [2.05, 4.69) is 12.2 Å². The van der Waals surface area contributed by atoms with Crippen LogP contribution in [0.3, 0.4) is 0 Å². The van der Waals surface area contributed by atoms with Gasteiger partial charge in [-0.05, 0) is 68.3 Å². The van der Waals surface area contributed by atoms with Crippen molar-refractivity contribution in [1.29, 1.82) is 0 Å². The number of ether oxygens (including phenoxy) is 1. The van der Waals surface area contributed by atoms with Crippen LogP contribution in [0, 0.1) is 18.7 Å². The van der Waals surface area contributed by atoms with Gasteiger partial charge in [0.1, 0.15) is 5.82 Å². The minimum absolute atomic E-state index is 0.158. The molecule has 2 unspecified atom stereocenters. The third kappa shape index (κ3) is 4.03. The molecule has 0 heterocycles. The lowest BCUT2D eigenvalue weighted by molar-refractivity contribution is 0.0510. The zero-order chi connectivity index (χ0) is 14.5. The van der Waals surface area contributed by atoms with Crippen LogP contribution in [0.2, 0.25) is 0 Å². The molecular formula is C17H26FNO. The van der Waals surface area contributed by atoms with Crippen LogP contribution in [0.4, 0.5) is 4.39 Å². The van der Waals surface area contributed by atoms with Crippen LogP contribution >= 0.6 is 0 Å². The molecule has 0 aromatic heterocycles. The van der Waals surface area contributed by atoms with Gasteiger partial charge in [0, 0.05) is 13.2 Å². The summed E-state index contributed by atoms with van der Waals surface area (Å²) in [6.45, 7) is 5.15. The van der Waals surface area contributed by atoms with Gasteiger partial charge in [-0.3, -0.25) is 0 Å². The second kappa shape index (κ2) is 7.19. The van der Waals surface area contributed by atoms with Gasteiger partial charge < -0.3 is 10.1 Å². The molecule has 20 heavy (non-hydrogen) atoms. The summed E-state index contributed by atoms with van der Waals surface area (Å²) in [5.74, 6) is 0.532. The fraction of sp³-hybridized carbons (Fsp3) is 0.647. The zero-order valence-electron chi connectivity index (χ0n) is 12.8. The van der Waals surface area contributed by atoms with Gasteiger partial charge in [-0.2, -0.15) is 0 Å². The summed E-state index contributed by atoms with van der Waals surface area (Å²) >= 11 is 0. The number of halogens is 1. The first-order valence-corrected chi connectivity index (χ1v) is 7.67. The Balaban J connectivity index is 2.09. The zero-order valence-corrected chi connectivity index (χ0v) is 12.8. The van der Waals surface area contributed by atoms with Gasteiger partial charge in [-0.15, -0.1) is 0 Å². The van der Waals surface area contributed by atoms with Crippen molar-refractivity contribution in [3.8, 4) is 0 Å². The molecule has 1 aromatic carbocycles. The Morgan fingerprint density at radius 3 is 2.70 bits per heavy atom. The van der Waals surface area contributed by atoms with Crippen molar-refractivity contribution in [2.24, 2.45) is 5.92 Å². The fourth-order valence-corrected chi connectivity index (χ4v) is 2.87. The highest BCUT2D eigenvalue weighted by molar-refractivity contribution is 5.27. The largest absolute Gasteiger partial charge is 0.380 e. The van der Waals surface area contributed by atoms with Crippen molar-refractivity contribution in [3.63, 3.8) is 0 Å². The van der Waals surface area contributed by atoms with Crippen molar-refractivity contribution < 1.29 is 9.13 Å². The highest BCUT2D eigenvalue weighted by Gasteiger charge is 2.36. The van der Waals surface area contributed by atoms with E-state index in [1.807, 2.05) is 13.0 Å². The third-order valence-corrected chi connectivity index (χ3v) is 4.16. The lowest BCUT2D eigenvalue weighted by atomic mass is 9.95. The van der Waals surface area contributed by atoms with E-state index in [0.29, 0.717) is 12.0 Å². The second-order valence-electron chi connectivity index (χ2n) is 5.87.